The Morgan fingerprint density at radius 3 is 2.90 bits per heavy atom. The van der Waals surface area contributed by atoms with Gasteiger partial charge in [0.1, 0.15) is 0 Å². The molecule has 0 bridgehead atoms. The first-order chi connectivity index (χ1) is 9.65. The van der Waals surface area contributed by atoms with Gasteiger partial charge in [0, 0.05) is 36.1 Å². The van der Waals surface area contributed by atoms with Gasteiger partial charge >= 0.3 is 0 Å². The van der Waals surface area contributed by atoms with Crippen molar-refractivity contribution in [2.45, 2.75) is 32.6 Å². The topological polar surface area (TPSA) is 36.1 Å². The number of aromatic nitrogens is 1. The summed E-state index contributed by atoms with van der Waals surface area (Å²) in [6.07, 6.45) is 2.26. The lowest BCUT2D eigenvalue weighted by molar-refractivity contribution is -0.135. The van der Waals surface area contributed by atoms with Crippen LogP contribution in [-0.4, -0.2) is 28.9 Å². The number of nitrogens with one attached hydrogen (secondary N) is 1. The van der Waals surface area contributed by atoms with Gasteiger partial charge in [-0.3, -0.25) is 4.79 Å². The van der Waals surface area contributed by atoms with Crippen LogP contribution in [0.1, 0.15) is 38.3 Å². The normalized spacial score (nSPS) is 19.8. The maximum atomic E-state index is 12.2. The molecule has 3 heteroatoms. The van der Waals surface area contributed by atoms with E-state index in [-0.39, 0.29) is 11.8 Å². The van der Waals surface area contributed by atoms with Gasteiger partial charge in [0.15, 0.2) is 0 Å². The number of H-pyrrole nitrogens is 1. The van der Waals surface area contributed by atoms with Gasteiger partial charge in [-0.05, 0) is 30.4 Å². The van der Waals surface area contributed by atoms with E-state index in [0.717, 1.165) is 25.9 Å². The summed E-state index contributed by atoms with van der Waals surface area (Å²) in [4.78, 5) is 17.7. The first kappa shape index (κ1) is 13.2. The molecule has 0 spiro atoms. The molecule has 3 rings (SSSR count). The van der Waals surface area contributed by atoms with E-state index >= 15 is 0 Å². The molecule has 1 fully saturated rings. The molecule has 1 amide bonds. The Morgan fingerprint density at radius 2 is 2.15 bits per heavy atom. The molecule has 2 heterocycles. The predicted octanol–water partition coefficient (Wildman–Crippen LogP) is 3.53. The van der Waals surface area contributed by atoms with E-state index in [2.05, 4.69) is 35.3 Å². The number of piperidine rings is 1. The number of hydrogen-bond acceptors (Lipinski definition) is 1. The molecular weight excluding hydrogens is 248 g/mol. The number of carbonyl (C=O) groups excluding carboxylic acids is 1. The van der Waals surface area contributed by atoms with Crippen molar-refractivity contribution in [1.82, 2.24) is 9.88 Å². The molecule has 1 saturated heterocycles. The zero-order valence-corrected chi connectivity index (χ0v) is 12.2. The smallest absolute Gasteiger partial charge is 0.225 e. The SMILES string of the molecule is CC(C)C(=O)N1CCCC(c2cc3ccccc3[nH]2)C1. The Kier molecular flexibility index (Phi) is 3.51. The third-order valence-electron chi connectivity index (χ3n) is 4.22. The van der Waals surface area contributed by atoms with E-state index in [0.29, 0.717) is 5.92 Å². The summed E-state index contributed by atoms with van der Waals surface area (Å²) in [5, 5.41) is 1.26. The van der Waals surface area contributed by atoms with Gasteiger partial charge in [-0.1, -0.05) is 32.0 Å². The minimum absolute atomic E-state index is 0.0939. The molecule has 1 unspecified atom stereocenters. The second-order valence-corrected chi connectivity index (χ2v) is 6.09. The van der Waals surface area contributed by atoms with Crippen molar-refractivity contribution in [1.29, 1.82) is 0 Å². The molecule has 106 valence electrons. The molecule has 3 nitrogen and oxygen atoms in total. The molecule has 1 aromatic carbocycles. The number of carbonyl (C=O) groups is 1. The van der Waals surface area contributed by atoms with Crippen molar-refractivity contribution in [2.24, 2.45) is 5.92 Å². The number of nitrogens with zero attached hydrogens (tertiary/aromatic N) is 1. The van der Waals surface area contributed by atoms with Crippen LogP contribution >= 0.6 is 0 Å². The number of aromatic amines is 1. The van der Waals surface area contributed by atoms with E-state index in [1.54, 1.807) is 0 Å². The number of fused-ring (bicyclic) bond motifs is 1. The van der Waals surface area contributed by atoms with Crippen molar-refractivity contribution in [2.75, 3.05) is 13.1 Å². The minimum Gasteiger partial charge on any atom is -0.358 e. The number of hydrogen-bond donors (Lipinski definition) is 1. The Hall–Kier alpha value is -1.77. The number of para-hydroxylation sites is 1. The summed E-state index contributed by atoms with van der Waals surface area (Å²) < 4.78 is 0. The van der Waals surface area contributed by atoms with E-state index in [1.807, 2.05) is 18.7 Å². The van der Waals surface area contributed by atoms with Crippen LogP contribution in [0.3, 0.4) is 0 Å². The monoisotopic (exact) mass is 270 g/mol. The fourth-order valence-corrected chi connectivity index (χ4v) is 3.11. The second-order valence-electron chi connectivity index (χ2n) is 6.09. The van der Waals surface area contributed by atoms with Crippen LogP contribution in [0, 0.1) is 5.92 Å². The van der Waals surface area contributed by atoms with Gasteiger partial charge in [0.05, 0.1) is 0 Å². The van der Waals surface area contributed by atoms with Gasteiger partial charge in [0.25, 0.3) is 0 Å². The Bertz CT molecular complexity index is 581. The number of benzene rings is 1. The fourth-order valence-electron chi connectivity index (χ4n) is 3.11. The Morgan fingerprint density at radius 1 is 1.35 bits per heavy atom. The molecular formula is C17H22N2O. The van der Waals surface area contributed by atoms with Crippen molar-refractivity contribution in [3.05, 3.63) is 36.0 Å². The molecule has 1 aliphatic rings. The highest BCUT2D eigenvalue weighted by molar-refractivity contribution is 5.81. The second kappa shape index (κ2) is 5.31. The first-order valence-electron chi connectivity index (χ1n) is 7.51. The summed E-state index contributed by atoms with van der Waals surface area (Å²) in [7, 11) is 0. The number of amides is 1. The number of likely N-dealkylation sites (tertiary alicyclic amines) is 1. The van der Waals surface area contributed by atoms with Crippen molar-refractivity contribution in [3.8, 4) is 0 Å². The standard InChI is InChI=1S/C17H22N2O/c1-12(2)17(20)19-9-5-7-14(11-19)16-10-13-6-3-4-8-15(13)18-16/h3-4,6,8,10,12,14,18H,5,7,9,11H2,1-2H3. The Balaban J connectivity index is 1.81. The van der Waals surface area contributed by atoms with Crippen molar-refractivity contribution in [3.63, 3.8) is 0 Å². The maximum Gasteiger partial charge on any atom is 0.225 e. The predicted molar refractivity (Wildman–Crippen MR) is 81.7 cm³/mol. The van der Waals surface area contributed by atoms with E-state index < -0.39 is 0 Å². The highest BCUT2D eigenvalue weighted by atomic mass is 16.2. The molecule has 0 saturated carbocycles. The van der Waals surface area contributed by atoms with E-state index in [9.17, 15) is 4.79 Å². The van der Waals surface area contributed by atoms with Crippen LogP contribution in [0.4, 0.5) is 0 Å². The van der Waals surface area contributed by atoms with Crippen LogP contribution in [0.15, 0.2) is 30.3 Å². The molecule has 0 radical (unpaired) electrons. The quantitative estimate of drug-likeness (QED) is 0.890. The summed E-state index contributed by atoms with van der Waals surface area (Å²) >= 11 is 0. The summed E-state index contributed by atoms with van der Waals surface area (Å²) in [6.45, 7) is 5.72. The summed E-state index contributed by atoms with van der Waals surface area (Å²) in [6, 6.07) is 10.6. The lowest BCUT2D eigenvalue weighted by atomic mass is 9.94. The highest BCUT2D eigenvalue weighted by Crippen LogP contribution is 2.29. The maximum absolute atomic E-state index is 12.2. The van der Waals surface area contributed by atoms with Crippen LogP contribution in [0.5, 0.6) is 0 Å². The Labute approximate surface area is 120 Å². The largest absolute Gasteiger partial charge is 0.358 e. The molecule has 1 atom stereocenters. The third-order valence-corrected chi connectivity index (χ3v) is 4.22. The van der Waals surface area contributed by atoms with Gasteiger partial charge in [-0.15, -0.1) is 0 Å². The van der Waals surface area contributed by atoms with Crippen molar-refractivity contribution < 1.29 is 4.79 Å². The fraction of sp³-hybridized carbons (Fsp3) is 0.471. The first-order valence-corrected chi connectivity index (χ1v) is 7.51. The van der Waals surface area contributed by atoms with Crippen LogP contribution in [0.25, 0.3) is 10.9 Å². The average molecular weight is 270 g/mol. The molecule has 2 aromatic rings. The third kappa shape index (κ3) is 2.45. The van der Waals surface area contributed by atoms with E-state index in [4.69, 9.17) is 0 Å². The van der Waals surface area contributed by atoms with E-state index in [1.165, 1.54) is 16.6 Å². The zero-order valence-electron chi connectivity index (χ0n) is 12.2. The highest BCUT2D eigenvalue weighted by Gasteiger charge is 2.26. The van der Waals surface area contributed by atoms with Crippen LogP contribution < -0.4 is 0 Å². The van der Waals surface area contributed by atoms with Crippen LogP contribution in [-0.2, 0) is 4.79 Å². The van der Waals surface area contributed by atoms with Gasteiger partial charge in [-0.25, -0.2) is 0 Å². The van der Waals surface area contributed by atoms with Crippen LogP contribution in [0.2, 0.25) is 0 Å². The number of rotatable bonds is 2. The van der Waals surface area contributed by atoms with Gasteiger partial charge < -0.3 is 9.88 Å². The lowest BCUT2D eigenvalue weighted by Gasteiger charge is -2.33. The minimum atomic E-state index is 0.0939. The zero-order chi connectivity index (χ0) is 14.1. The molecule has 1 aromatic heterocycles. The van der Waals surface area contributed by atoms with Gasteiger partial charge in [0.2, 0.25) is 5.91 Å². The lowest BCUT2D eigenvalue weighted by Crippen LogP contribution is -2.41. The van der Waals surface area contributed by atoms with Crippen molar-refractivity contribution >= 4 is 16.8 Å². The average Bonchev–Trinajstić information content (AvgIpc) is 2.90. The summed E-state index contributed by atoms with van der Waals surface area (Å²) in [5.41, 5.74) is 2.46. The molecule has 20 heavy (non-hydrogen) atoms. The molecule has 1 N–H and O–H groups in total. The van der Waals surface area contributed by atoms with Gasteiger partial charge in [-0.2, -0.15) is 0 Å². The molecule has 1 aliphatic heterocycles. The molecule has 0 aliphatic carbocycles. The summed E-state index contributed by atoms with van der Waals surface area (Å²) in [5.74, 6) is 0.820.